The van der Waals surface area contributed by atoms with E-state index in [1.807, 2.05) is 0 Å². The number of anilines is 1. The van der Waals surface area contributed by atoms with Gasteiger partial charge in [-0.2, -0.15) is 0 Å². The molecule has 20 heavy (non-hydrogen) atoms. The van der Waals surface area contributed by atoms with Gasteiger partial charge in [0, 0.05) is 5.56 Å². The zero-order valence-corrected chi connectivity index (χ0v) is 11.8. The minimum Gasteiger partial charge on any atom is -0.508 e. The average Bonchev–Trinajstić information content (AvgIpc) is 2.80. The summed E-state index contributed by atoms with van der Waals surface area (Å²) in [5, 5.41) is 13.7. The van der Waals surface area contributed by atoms with Crippen molar-refractivity contribution in [2.45, 2.75) is 6.92 Å². The van der Waals surface area contributed by atoms with Crippen molar-refractivity contribution in [3.8, 4) is 5.75 Å². The van der Waals surface area contributed by atoms with Gasteiger partial charge in [0.2, 0.25) is 0 Å². The van der Waals surface area contributed by atoms with E-state index in [9.17, 15) is 14.7 Å². The number of carbonyl (C=O) groups is 2. The number of methoxy groups -OCH3 is 1. The molecule has 1 amide bonds. The second-order valence-electron chi connectivity index (χ2n) is 4.12. The molecule has 0 spiro atoms. The Morgan fingerprint density at radius 2 is 1.90 bits per heavy atom. The highest BCUT2D eigenvalue weighted by molar-refractivity contribution is 7.12. The summed E-state index contributed by atoms with van der Waals surface area (Å²) >= 11 is 1.22. The summed E-state index contributed by atoms with van der Waals surface area (Å²) in [5.74, 6) is -0.746. The van der Waals surface area contributed by atoms with Gasteiger partial charge in [-0.15, -0.1) is 11.3 Å². The second kappa shape index (κ2) is 5.75. The molecule has 0 aliphatic carbocycles. The molecule has 0 saturated carbocycles. The fraction of sp³-hybridized carbons (Fsp3) is 0.143. The van der Waals surface area contributed by atoms with Crippen LogP contribution in [0.5, 0.6) is 5.75 Å². The minimum absolute atomic E-state index is 0.0866. The Kier molecular flexibility index (Phi) is 4.05. The molecule has 0 unspecified atom stereocenters. The maximum Gasteiger partial charge on any atom is 0.350 e. The van der Waals surface area contributed by atoms with Crippen LogP contribution in [0.4, 0.5) is 5.69 Å². The minimum atomic E-state index is -0.482. The predicted octanol–water partition coefficient (Wildman–Crippen LogP) is 2.80. The van der Waals surface area contributed by atoms with Gasteiger partial charge in [0.05, 0.1) is 12.8 Å². The van der Waals surface area contributed by atoms with Crippen LogP contribution < -0.4 is 5.32 Å². The number of phenolic OH excluding ortho intramolecular Hbond substituents is 1. The van der Waals surface area contributed by atoms with Gasteiger partial charge in [-0.25, -0.2) is 4.79 Å². The van der Waals surface area contributed by atoms with Gasteiger partial charge in [0.25, 0.3) is 5.91 Å². The Morgan fingerprint density at radius 1 is 1.25 bits per heavy atom. The lowest BCUT2D eigenvalue weighted by Crippen LogP contribution is -2.14. The second-order valence-corrected chi connectivity index (χ2v) is 5.00. The molecule has 0 radical (unpaired) electrons. The van der Waals surface area contributed by atoms with Crippen molar-refractivity contribution in [1.82, 2.24) is 0 Å². The number of carbonyl (C=O) groups excluding carboxylic acids is 2. The quantitative estimate of drug-likeness (QED) is 0.853. The van der Waals surface area contributed by atoms with E-state index in [0.29, 0.717) is 16.1 Å². The van der Waals surface area contributed by atoms with Crippen molar-refractivity contribution in [2.24, 2.45) is 0 Å². The summed E-state index contributed by atoms with van der Waals surface area (Å²) < 4.78 is 4.68. The van der Waals surface area contributed by atoms with Crippen LogP contribution in [0.25, 0.3) is 0 Å². The molecular weight excluding hydrogens is 278 g/mol. The first kappa shape index (κ1) is 14.1. The van der Waals surface area contributed by atoms with E-state index in [4.69, 9.17) is 0 Å². The summed E-state index contributed by atoms with van der Waals surface area (Å²) in [7, 11) is 1.29. The first-order chi connectivity index (χ1) is 9.52. The fourth-order valence-electron chi connectivity index (χ4n) is 1.64. The molecule has 1 aromatic carbocycles. The molecule has 2 rings (SSSR count). The molecule has 2 N–H and O–H groups in total. The summed E-state index contributed by atoms with van der Waals surface area (Å²) in [5.41, 5.74) is 1.65. The molecule has 1 heterocycles. The third kappa shape index (κ3) is 2.80. The van der Waals surface area contributed by atoms with Crippen LogP contribution >= 0.6 is 11.3 Å². The molecule has 1 aromatic heterocycles. The van der Waals surface area contributed by atoms with Gasteiger partial charge in [-0.3, -0.25) is 4.79 Å². The van der Waals surface area contributed by atoms with Crippen LogP contribution in [0.15, 0.2) is 29.6 Å². The number of thiophene rings is 1. The van der Waals surface area contributed by atoms with E-state index in [2.05, 4.69) is 10.1 Å². The van der Waals surface area contributed by atoms with Crippen LogP contribution in [-0.2, 0) is 4.74 Å². The Bertz CT molecular complexity index is 646. The lowest BCUT2D eigenvalue weighted by molar-refractivity contribution is 0.0607. The van der Waals surface area contributed by atoms with Gasteiger partial charge < -0.3 is 15.2 Å². The Morgan fingerprint density at radius 3 is 2.50 bits per heavy atom. The third-order valence-corrected chi connectivity index (χ3v) is 3.79. The van der Waals surface area contributed by atoms with Gasteiger partial charge in [0.15, 0.2) is 0 Å². The van der Waals surface area contributed by atoms with E-state index in [0.717, 1.165) is 5.56 Å². The molecule has 6 heteroatoms. The summed E-state index contributed by atoms with van der Waals surface area (Å²) in [4.78, 5) is 24.1. The molecule has 104 valence electrons. The lowest BCUT2D eigenvalue weighted by Gasteiger charge is -2.07. The maximum atomic E-state index is 12.1. The van der Waals surface area contributed by atoms with Crippen LogP contribution in [0.3, 0.4) is 0 Å². The number of phenols is 1. The Labute approximate surface area is 119 Å². The van der Waals surface area contributed by atoms with E-state index >= 15 is 0 Å². The van der Waals surface area contributed by atoms with E-state index in [1.165, 1.54) is 42.7 Å². The zero-order chi connectivity index (χ0) is 14.7. The first-order valence-corrected chi connectivity index (χ1v) is 6.67. The highest BCUT2D eigenvalue weighted by Gasteiger charge is 2.19. The highest BCUT2D eigenvalue weighted by Crippen LogP contribution is 2.28. The van der Waals surface area contributed by atoms with Crippen molar-refractivity contribution in [3.05, 3.63) is 45.6 Å². The number of rotatable bonds is 3. The SMILES string of the molecule is COC(=O)c1scc(C)c1NC(=O)c1ccc(O)cc1. The topological polar surface area (TPSA) is 75.6 Å². The number of hydrogen-bond donors (Lipinski definition) is 2. The van der Waals surface area contributed by atoms with Gasteiger partial charge in [-0.05, 0) is 42.1 Å². The molecule has 0 fully saturated rings. The smallest absolute Gasteiger partial charge is 0.350 e. The van der Waals surface area contributed by atoms with Crippen LogP contribution in [0.1, 0.15) is 25.6 Å². The molecule has 2 aromatic rings. The van der Waals surface area contributed by atoms with Crippen LogP contribution in [-0.4, -0.2) is 24.1 Å². The van der Waals surface area contributed by atoms with Gasteiger partial charge in [-0.1, -0.05) is 0 Å². The van der Waals surface area contributed by atoms with Crippen molar-refractivity contribution in [2.75, 3.05) is 12.4 Å². The number of aromatic hydroxyl groups is 1. The Balaban J connectivity index is 2.26. The number of nitrogens with one attached hydrogen (secondary N) is 1. The number of ether oxygens (including phenoxy) is 1. The lowest BCUT2D eigenvalue weighted by atomic mass is 10.2. The zero-order valence-electron chi connectivity index (χ0n) is 11.0. The van der Waals surface area contributed by atoms with E-state index < -0.39 is 5.97 Å². The number of esters is 1. The predicted molar refractivity (Wildman–Crippen MR) is 76.5 cm³/mol. The standard InChI is InChI=1S/C14H13NO4S/c1-8-7-20-12(14(18)19-2)11(8)15-13(17)9-3-5-10(16)6-4-9/h3-7,16H,1-2H3,(H,15,17). The molecule has 0 bridgehead atoms. The number of amides is 1. The number of hydrogen-bond acceptors (Lipinski definition) is 5. The fourth-order valence-corrected chi connectivity index (χ4v) is 2.56. The Hall–Kier alpha value is -2.34. The van der Waals surface area contributed by atoms with Crippen molar-refractivity contribution in [1.29, 1.82) is 0 Å². The monoisotopic (exact) mass is 291 g/mol. The summed E-state index contributed by atoms with van der Waals surface area (Å²) in [6.45, 7) is 1.80. The third-order valence-electron chi connectivity index (χ3n) is 2.71. The molecule has 5 nitrogen and oxygen atoms in total. The molecule has 0 aliphatic rings. The average molecular weight is 291 g/mol. The maximum absolute atomic E-state index is 12.1. The molecule has 0 saturated heterocycles. The van der Waals surface area contributed by atoms with Gasteiger partial charge in [0.1, 0.15) is 10.6 Å². The molecule has 0 atom stereocenters. The van der Waals surface area contributed by atoms with Crippen molar-refractivity contribution >= 4 is 28.9 Å². The molecular formula is C14H13NO4S. The van der Waals surface area contributed by atoms with Crippen molar-refractivity contribution in [3.63, 3.8) is 0 Å². The first-order valence-electron chi connectivity index (χ1n) is 5.79. The summed E-state index contributed by atoms with van der Waals surface area (Å²) in [6.07, 6.45) is 0. The van der Waals surface area contributed by atoms with Gasteiger partial charge >= 0.3 is 5.97 Å². The van der Waals surface area contributed by atoms with E-state index in [1.54, 1.807) is 12.3 Å². The number of aryl methyl sites for hydroxylation is 1. The van der Waals surface area contributed by atoms with Crippen LogP contribution in [0.2, 0.25) is 0 Å². The highest BCUT2D eigenvalue weighted by atomic mass is 32.1. The molecule has 0 aliphatic heterocycles. The largest absolute Gasteiger partial charge is 0.508 e. The normalized spacial score (nSPS) is 10.1. The number of benzene rings is 1. The summed E-state index contributed by atoms with van der Waals surface area (Å²) in [6, 6.07) is 5.86. The van der Waals surface area contributed by atoms with Crippen molar-refractivity contribution < 1.29 is 19.4 Å². The van der Waals surface area contributed by atoms with Crippen LogP contribution in [0, 0.1) is 6.92 Å². The van der Waals surface area contributed by atoms with E-state index in [-0.39, 0.29) is 11.7 Å².